The first-order chi connectivity index (χ1) is 15.0. The molecular formula is C22H26F4N4O2. The molecule has 2 aromatic rings. The van der Waals surface area contributed by atoms with Crippen LogP contribution in [0.2, 0.25) is 0 Å². The Bertz CT molecular complexity index is 1040. The number of carbonyl (C=O) groups is 1. The summed E-state index contributed by atoms with van der Waals surface area (Å²) in [5, 5.41) is 6.99. The third-order valence-corrected chi connectivity index (χ3v) is 6.20. The highest BCUT2D eigenvalue weighted by Gasteiger charge is 2.42. The number of hydrogen-bond donors (Lipinski definition) is 2. The number of rotatable bonds is 4. The number of amides is 1. The molecule has 174 valence electrons. The number of benzene rings is 1. The topological polar surface area (TPSA) is 82.2 Å². The highest BCUT2D eigenvalue weighted by molar-refractivity contribution is 5.99. The van der Waals surface area contributed by atoms with Gasteiger partial charge in [-0.1, -0.05) is 13.8 Å². The molecule has 1 saturated heterocycles. The third kappa shape index (κ3) is 4.32. The Labute approximate surface area is 183 Å². The molecule has 2 aliphatic rings. The van der Waals surface area contributed by atoms with E-state index in [-0.39, 0.29) is 40.4 Å². The van der Waals surface area contributed by atoms with Crippen molar-refractivity contribution in [3.05, 3.63) is 40.5 Å². The molecule has 3 N–H and O–H groups in total. The smallest absolute Gasteiger partial charge is 0.381 e. The lowest BCUT2D eigenvalue weighted by Gasteiger charge is -2.30. The van der Waals surface area contributed by atoms with Gasteiger partial charge in [-0.05, 0) is 43.6 Å². The van der Waals surface area contributed by atoms with E-state index in [0.717, 1.165) is 6.07 Å². The maximum Gasteiger partial charge on any atom is 0.435 e. The molecule has 4 rings (SSSR count). The number of aromatic nitrogens is 2. The molecule has 10 heteroatoms. The number of nitrogens with two attached hydrogens (primary N) is 1. The zero-order chi connectivity index (χ0) is 23.3. The Morgan fingerprint density at radius 1 is 1.28 bits per heavy atom. The summed E-state index contributed by atoms with van der Waals surface area (Å²) >= 11 is 0. The summed E-state index contributed by atoms with van der Waals surface area (Å²) in [7, 11) is 0. The number of halogens is 4. The van der Waals surface area contributed by atoms with E-state index < -0.39 is 23.6 Å². The van der Waals surface area contributed by atoms with Gasteiger partial charge in [0, 0.05) is 36.6 Å². The second-order valence-corrected chi connectivity index (χ2v) is 9.27. The first-order valence-electron chi connectivity index (χ1n) is 10.6. The second kappa shape index (κ2) is 8.06. The molecule has 0 bridgehead atoms. The fourth-order valence-corrected chi connectivity index (χ4v) is 4.52. The van der Waals surface area contributed by atoms with Crippen molar-refractivity contribution in [2.24, 2.45) is 11.1 Å². The number of fused-ring (bicyclic) bond motifs is 1. The molecule has 0 radical (unpaired) electrons. The van der Waals surface area contributed by atoms with Gasteiger partial charge in [0.05, 0.1) is 16.9 Å². The average molecular weight is 454 g/mol. The standard InChI is InChI=1S/C22H26F4N4O2/c1-21(2)6-3-14-17(11-21)30(29-19(14)22(24,25)26)13-9-15(23)18(20(27)31)16(10-13)28-12-4-7-32-8-5-12/h9-10,12,28H,3-8,11H2,1-2H3,(H2,27,31). The van der Waals surface area contributed by atoms with Crippen LogP contribution < -0.4 is 11.1 Å². The largest absolute Gasteiger partial charge is 0.435 e. The van der Waals surface area contributed by atoms with Crippen molar-refractivity contribution < 1.29 is 27.1 Å². The van der Waals surface area contributed by atoms with E-state index in [0.29, 0.717) is 44.6 Å². The molecule has 0 unspecified atom stereocenters. The molecule has 0 spiro atoms. The lowest BCUT2D eigenvalue weighted by molar-refractivity contribution is -0.142. The molecule has 2 heterocycles. The van der Waals surface area contributed by atoms with E-state index in [2.05, 4.69) is 10.4 Å². The summed E-state index contributed by atoms with van der Waals surface area (Å²) in [4.78, 5) is 11.9. The lowest BCUT2D eigenvalue weighted by atomic mass is 9.76. The molecule has 1 aromatic heterocycles. The third-order valence-electron chi connectivity index (χ3n) is 6.20. The molecule has 32 heavy (non-hydrogen) atoms. The minimum Gasteiger partial charge on any atom is -0.381 e. The molecule has 0 atom stereocenters. The van der Waals surface area contributed by atoms with E-state index >= 15 is 0 Å². The highest BCUT2D eigenvalue weighted by Crippen LogP contribution is 2.42. The first-order valence-corrected chi connectivity index (χ1v) is 10.6. The molecular weight excluding hydrogens is 428 g/mol. The molecule has 1 amide bonds. The molecule has 1 fully saturated rings. The minimum atomic E-state index is -4.62. The molecule has 0 saturated carbocycles. The Balaban J connectivity index is 1.84. The number of nitrogens with one attached hydrogen (secondary N) is 1. The van der Waals surface area contributed by atoms with Crippen molar-refractivity contribution in [1.82, 2.24) is 9.78 Å². The number of anilines is 1. The second-order valence-electron chi connectivity index (χ2n) is 9.27. The van der Waals surface area contributed by atoms with Gasteiger partial charge in [-0.3, -0.25) is 4.79 Å². The fraction of sp³-hybridized carbons (Fsp3) is 0.545. The summed E-state index contributed by atoms with van der Waals surface area (Å²) in [6.45, 7) is 5.00. The van der Waals surface area contributed by atoms with Crippen molar-refractivity contribution in [2.75, 3.05) is 18.5 Å². The van der Waals surface area contributed by atoms with E-state index in [1.165, 1.54) is 10.7 Å². The van der Waals surface area contributed by atoms with Crippen LogP contribution in [-0.2, 0) is 23.8 Å². The number of hydrogen-bond acceptors (Lipinski definition) is 4. The van der Waals surface area contributed by atoms with E-state index in [4.69, 9.17) is 10.5 Å². The van der Waals surface area contributed by atoms with Crippen LogP contribution in [0.3, 0.4) is 0 Å². The Kier molecular flexibility index (Phi) is 5.68. The van der Waals surface area contributed by atoms with Crippen molar-refractivity contribution in [3.63, 3.8) is 0 Å². The monoisotopic (exact) mass is 454 g/mol. The Morgan fingerprint density at radius 3 is 2.59 bits per heavy atom. The maximum absolute atomic E-state index is 15.0. The summed E-state index contributed by atoms with van der Waals surface area (Å²) in [6, 6.07) is 2.39. The zero-order valence-corrected chi connectivity index (χ0v) is 18.0. The maximum atomic E-state index is 15.0. The van der Waals surface area contributed by atoms with Gasteiger partial charge in [0.2, 0.25) is 0 Å². The molecule has 6 nitrogen and oxygen atoms in total. The zero-order valence-electron chi connectivity index (χ0n) is 18.0. The summed E-state index contributed by atoms with van der Waals surface area (Å²) in [6.07, 6.45) is -2.12. The highest BCUT2D eigenvalue weighted by atomic mass is 19.4. The van der Waals surface area contributed by atoms with Gasteiger partial charge in [0.15, 0.2) is 5.69 Å². The van der Waals surface area contributed by atoms with Crippen LogP contribution in [0.1, 0.15) is 60.4 Å². The predicted octanol–water partition coefficient (Wildman–Crippen LogP) is 4.23. The first kappa shape index (κ1) is 22.6. The normalized spacial score (nSPS) is 18.9. The van der Waals surface area contributed by atoms with Crippen LogP contribution in [0.5, 0.6) is 0 Å². The Morgan fingerprint density at radius 2 is 1.97 bits per heavy atom. The average Bonchev–Trinajstić information content (AvgIpc) is 3.06. The quantitative estimate of drug-likeness (QED) is 0.678. The predicted molar refractivity (Wildman–Crippen MR) is 110 cm³/mol. The van der Waals surface area contributed by atoms with Crippen LogP contribution >= 0.6 is 0 Å². The van der Waals surface area contributed by atoms with Crippen LogP contribution in [0, 0.1) is 11.2 Å². The summed E-state index contributed by atoms with van der Waals surface area (Å²) in [5.74, 6) is -1.86. The number of primary amides is 1. The van der Waals surface area contributed by atoms with E-state index in [1.807, 2.05) is 13.8 Å². The van der Waals surface area contributed by atoms with Gasteiger partial charge < -0.3 is 15.8 Å². The van der Waals surface area contributed by atoms with Crippen molar-refractivity contribution in [2.45, 2.75) is 58.2 Å². The number of alkyl halides is 3. The van der Waals surface area contributed by atoms with Crippen molar-refractivity contribution in [1.29, 1.82) is 0 Å². The van der Waals surface area contributed by atoms with Gasteiger partial charge in [-0.2, -0.15) is 18.3 Å². The van der Waals surface area contributed by atoms with Gasteiger partial charge in [0.1, 0.15) is 5.82 Å². The summed E-state index contributed by atoms with van der Waals surface area (Å²) < 4.78 is 62.6. The lowest BCUT2D eigenvalue weighted by Crippen LogP contribution is -2.29. The molecule has 1 aromatic carbocycles. The number of ether oxygens (including phenoxy) is 1. The number of carbonyl (C=O) groups excluding carboxylic acids is 1. The van der Waals surface area contributed by atoms with E-state index in [1.54, 1.807) is 0 Å². The van der Waals surface area contributed by atoms with Crippen LogP contribution in [0.15, 0.2) is 12.1 Å². The van der Waals surface area contributed by atoms with Crippen LogP contribution in [0.4, 0.5) is 23.2 Å². The van der Waals surface area contributed by atoms with Crippen molar-refractivity contribution in [3.8, 4) is 5.69 Å². The van der Waals surface area contributed by atoms with Gasteiger partial charge in [-0.15, -0.1) is 0 Å². The van der Waals surface area contributed by atoms with Gasteiger partial charge in [-0.25, -0.2) is 9.07 Å². The molecule has 1 aliphatic heterocycles. The van der Waals surface area contributed by atoms with Crippen LogP contribution in [0.25, 0.3) is 5.69 Å². The Hall–Kier alpha value is -2.62. The van der Waals surface area contributed by atoms with Crippen molar-refractivity contribution >= 4 is 11.6 Å². The fourth-order valence-electron chi connectivity index (χ4n) is 4.52. The van der Waals surface area contributed by atoms with Gasteiger partial charge >= 0.3 is 6.18 Å². The summed E-state index contributed by atoms with van der Waals surface area (Å²) in [5.41, 5.74) is 4.74. The van der Waals surface area contributed by atoms with E-state index in [9.17, 15) is 22.4 Å². The van der Waals surface area contributed by atoms with Gasteiger partial charge in [0.25, 0.3) is 5.91 Å². The SMILES string of the molecule is CC1(C)CCc2c(C(F)(F)F)nn(-c3cc(F)c(C(N)=O)c(NC4CCOCC4)c3)c2C1. The van der Waals surface area contributed by atoms with Crippen LogP contribution in [-0.4, -0.2) is 34.9 Å². The minimum absolute atomic E-state index is 0.0762. The molecule has 1 aliphatic carbocycles. The number of nitrogens with zero attached hydrogens (tertiary/aromatic N) is 2.